The first kappa shape index (κ1) is 25.3. The van der Waals surface area contributed by atoms with Gasteiger partial charge in [-0.3, -0.25) is 0 Å². The lowest BCUT2D eigenvalue weighted by Crippen LogP contribution is -2.43. The van der Waals surface area contributed by atoms with Gasteiger partial charge in [0.2, 0.25) is 10.0 Å². The van der Waals surface area contributed by atoms with Crippen LogP contribution in [0.1, 0.15) is 33.6 Å². The Morgan fingerprint density at radius 2 is 1.81 bits per heavy atom. The number of hydrogen-bond acceptors (Lipinski definition) is 6. The molecule has 0 aromatic heterocycles. The molecule has 0 fully saturated rings. The van der Waals surface area contributed by atoms with E-state index in [4.69, 9.17) is 26.8 Å². The number of halogens is 1. The fourth-order valence-corrected chi connectivity index (χ4v) is 5.07. The van der Waals surface area contributed by atoms with E-state index < -0.39 is 22.5 Å². The van der Waals surface area contributed by atoms with Gasteiger partial charge in [0.1, 0.15) is 12.0 Å². The highest BCUT2D eigenvalue weighted by Crippen LogP contribution is 2.32. The Labute approximate surface area is 190 Å². The lowest BCUT2D eigenvalue weighted by molar-refractivity contribution is 0.0801. The van der Waals surface area contributed by atoms with E-state index in [9.17, 15) is 8.42 Å². The maximum absolute atomic E-state index is 13.2. The van der Waals surface area contributed by atoms with Crippen LogP contribution in [-0.2, 0) is 14.8 Å². The average molecular weight is 470 g/mol. The van der Waals surface area contributed by atoms with Gasteiger partial charge in [0, 0.05) is 6.54 Å². The Kier molecular flexibility index (Phi) is 9.90. The molecule has 2 atom stereocenters. The van der Waals surface area contributed by atoms with E-state index in [1.807, 2.05) is 32.0 Å². The molecule has 172 valence electrons. The van der Waals surface area contributed by atoms with Crippen LogP contribution in [0.4, 0.5) is 11.4 Å². The van der Waals surface area contributed by atoms with E-state index in [-0.39, 0.29) is 12.4 Å². The minimum atomic E-state index is -3.63. The quantitative estimate of drug-likeness (QED) is 0.421. The Morgan fingerprint density at radius 3 is 2.48 bits per heavy atom. The van der Waals surface area contributed by atoms with Crippen molar-refractivity contribution in [2.45, 2.75) is 46.1 Å². The van der Waals surface area contributed by atoms with Crippen LogP contribution < -0.4 is 20.1 Å². The zero-order valence-corrected chi connectivity index (χ0v) is 19.8. The minimum Gasteiger partial charge on any atom is -0.469 e. The molecule has 0 saturated heterocycles. The summed E-state index contributed by atoms with van der Waals surface area (Å²) in [6.07, 6.45) is 0.146. The van der Waals surface area contributed by atoms with Crippen molar-refractivity contribution in [1.82, 2.24) is 0 Å². The molecule has 9 heteroatoms. The van der Waals surface area contributed by atoms with Crippen LogP contribution in [0.5, 0.6) is 5.75 Å². The second-order valence-corrected chi connectivity index (χ2v) is 9.45. The molecule has 0 amide bonds. The largest absolute Gasteiger partial charge is 0.469 e. The summed E-state index contributed by atoms with van der Waals surface area (Å²) in [5, 5.41) is 3.74. The molecule has 2 rings (SSSR count). The molecule has 0 radical (unpaired) electrons. The number of ether oxygens (including phenoxy) is 2. The number of hydrogen-bond donors (Lipinski definition) is 2. The molecule has 0 aliphatic heterocycles. The summed E-state index contributed by atoms with van der Waals surface area (Å²) in [4.78, 5) is 0. The monoisotopic (exact) mass is 469 g/mol. The maximum atomic E-state index is 13.2. The van der Waals surface area contributed by atoms with Gasteiger partial charge in [-0.1, -0.05) is 49.2 Å². The number of unbranched alkanes of at least 4 members (excludes halogenated alkanes) is 1. The highest BCUT2D eigenvalue weighted by Gasteiger charge is 2.30. The normalized spacial score (nSPS) is 13.5. The fraction of sp³-hybridized carbons (Fsp3) is 0.455. The third kappa shape index (κ3) is 7.28. The highest BCUT2D eigenvalue weighted by molar-refractivity contribution is 7.92. The topological polar surface area (TPSA) is 93.9 Å². The number of nitrogens with zero attached hydrogens (tertiary/aromatic N) is 1. The van der Waals surface area contributed by atoms with Gasteiger partial charge in [0.25, 0.3) is 0 Å². The lowest BCUT2D eigenvalue weighted by atomic mass is 10.2. The second-order valence-electron chi connectivity index (χ2n) is 7.08. The van der Waals surface area contributed by atoms with E-state index in [2.05, 4.69) is 5.32 Å². The molecule has 0 saturated carbocycles. The summed E-state index contributed by atoms with van der Waals surface area (Å²) in [5.41, 5.74) is 6.64. The van der Waals surface area contributed by atoms with Crippen LogP contribution in [-0.4, -0.2) is 39.8 Å². The molecule has 2 aromatic rings. The van der Waals surface area contributed by atoms with Gasteiger partial charge in [0.05, 0.1) is 28.8 Å². The third-order valence-corrected chi connectivity index (χ3v) is 6.71. The number of nitrogens with one attached hydrogen (secondary N) is 1. The molecule has 3 N–H and O–H groups in total. The van der Waals surface area contributed by atoms with Gasteiger partial charge < -0.3 is 20.5 Å². The summed E-state index contributed by atoms with van der Waals surface area (Å²) in [6, 6.07) is 14.3. The van der Waals surface area contributed by atoms with E-state index >= 15 is 0 Å². The maximum Gasteiger partial charge on any atom is 0.237 e. The fourth-order valence-electron chi connectivity index (χ4n) is 3.07. The Balaban J connectivity index is 2.33. The molecular weight excluding hydrogens is 438 g/mol. The lowest BCUT2D eigenvalue weighted by Gasteiger charge is -2.32. The minimum absolute atomic E-state index is 0.0276. The van der Waals surface area contributed by atoms with Gasteiger partial charge in [-0.15, -0.1) is 0 Å². The van der Waals surface area contributed by atoms with Crippen LogP contribution in [0.15, 0.2) is 48.5 Å². The average Bonchev–Trinajstić information content (AvgIpc) is 2.73. The smallest absolute Gasteiger partial charge is 0.237 e. The predicted molar refractivity (Wildman–Crippen MR) is 127 cm³/mol. The predicted octanol–water partition coefficient (Wildman–Crippen LogP) is 4.43. The van der Waals surface area contributed by atoms with Crippen molar-refractivity contribution in [1.29, 1.82) is 0 Å². The standard InChI is InChI=1S/C22H32ClN3O4S/c1-4-5-16-31(27,28)26(18(3)29-15-14-24)21-12-8-7-11-20(21)25-17(2)30-22-13-9-6-10-19(22)23/h6-13,17-18,25H,4-5,14-16,24H2,1-3H3. The SMILES string of the molecule is CCCCS(=O)(=O)N(c1ccccc1NC(C)Oc1ccccc1Cl)C(C)OCCN. The molecule has 0 heterocycles. The molecule has 7 nitrogen and oxygen atoms in total. The summed E-state index contributed by atoms with van der Waals surface area (Å²) >= 11 is 6.18. The molecule has 0 bridgehead atoms. The number of para-hydroxylation sites is 3. The van der Waals surface area contributed by atoms with Crippen molar-refractivity contribution >= 4 is 33.0 Å². The number of benzene rings is 2. The Morgan fingerprint density at radius 1 is 1.13 bits per heavy atom. The van der Waals surface area contributed by atoms with E-state index in [0.717, 1.165) is 6.42 Å². The van der Waals surface area contributed by atoms with E-state index in [1.54, 1.807) is 37.3 Å². The van der Waals surface area contributed by atoms with Crippen LogP contribution in [0.25, 0.3) is 0 Å². The van der Waals surface area contributed by atoms with Crippen molar-refractivity contribution < 1.29 is 17.9 Å². The Hall–Kier alpha value is -2.00. The van der Waals surface area contributed by atoms with Crippen molar-refractivity contribution in [2.75, 3.05) is 28.5 Å². The molecular formula is C22H32ClN3O4S. The molecule has 0 spiro atoms. The number of sulfonamides is 1. The Bertz CT molecular complexity index is 926. The van der Waals surface area contributed by atoms with Crippen LogP contribution in [0.3, 0.4) is 0 Å². The van der Waals surface area contributed by atoms with Crippen LogP contribution in [0.2, 0.25) is 5.02 Å². The van der Waals surface area contributed by atoms with Crippen LogP contribution >= 0.6 is 11.6 Å². The highest BCUT2D eigenvalue weighted by atomic mass is 35.5. The first-order valence-electron chi connectivity index (χ1n) is 10.4. The molecule has 31 heavy (non-hydrogen) atoms. The molecule has 0 aliphatic carbocycles. The number of nitrogens with two attached hydrogens (primary N) is 1. The van der Waals surface area contributed by atoms with E-state index in [0.29, 0.717) is 35.1 Å². The summed E-state index contributed by atoms with van der Waals surface area (Å²) in [5.74, 6) is 0.563. The van der Waals surface area contributed by atoms with Gasteiger partial charge in [-0.2, -0.15) is 0 Å². The molecule has 2 aromatic carbocycles. The van der Waals surface area contributed by atoms with Crippen molar-refractivity contribution in [3.8, 4) is 5.75 Å². The zero-order chi connectivity index (χ0) is 22.9. The van der Waals surface area contributed by atoms with Gasteiger partial charge >= 0.3 is 0 Å². The zero-order valence-electron chi connectivity index (χ0n) is 18.3. The number of anilines is 2. The first-order chi connectivity index (χ1) is 14.8. The molecule has 0 aliphatic rings. The van der Waals surface area contributed by atoms with Crippen molar-refractivity contribution in [2.24, 2.45) is 5.73 Å². The van der Waals surface area contributed by atoms with Crippen LogP contribution in [0, 0.1) is 0 Å². The number of rotatable bonds is 13. The second kappa shape index (κ2) is 12.1. The van der Waals surface area contributed by atoms with Gasteiger partial charge in [-0.25, -0.2) is 12.7 Å². The first-order valence-corrected chi connectivity index (χ1v) is 12.4. The summed E-state index contributed by atoms with van der Waals surface area (Å²) in [7, 11) is -3.63. The van der Waals surface area contributed by atoms with Gasteiger partial charge in [-0.05, 0) is 44.5 Å². The van der Waals surface area contributed by atoms with Crippen molar-refractivity contribution in [3.63, 3.8) is 0 Å². The third-order valence-electron chi connectivity index (χ3n) is 4.50. The summed E-state index contributed by atoms with van der Waals surface area (Å²) in [6.45, 7) is 6.04. The summed E-state index contributed by atoms with van der Waals surface area (Å²) < 4.78 is 39.3. The van der Waals surface area contributed by atoms with E-state index in [1.165, 1.54) is 4.31 Å². The molecule has 2 unspecified atom stereocenters. The van der Waals surface area contributed by atoms with Gasteiger partial charge in [0.15, 0.2) is 6.23 Å². The van der Waals surface area contributed by atoms with Crippen molar-refractivity contribution in [3.05, 3.63) is 53.6 Å².